The van der Waals surface area contributed by atoms with Crippen LogP contribution in [-0.2, 0) is 0 Å². The van der Waals surface area contributed by atoms with Crippen molar-refractivity contribution in [2.45, 2.75) is 0 Å². The Labute approximate surface area is 121 Å². The minimum atomic E-state index is -1.22. The van der Waals surface area contributed by atoms with E-state index in [1.54, 1.807) is 36.4 Å². The smallest absolute Gasteiger partial charge is 0.196 e. The Kier molecular flexibility index (Phi) is 3.28. The highest BCUT2D eigenvalue weighted by Gasteiger charge is 2.22. The zero-order chi connectivity index (χ0) is 14.8. The number of Topliss-reactive ketones (excluding diaryl/α,β-unsaturated/α-hetero) is 1. The lowest BCUT2D eigenvalue weighted by Crippen LogP contribution is -2.22. The number of ketones is 1. The minimum absolute atomic E-state index is 0.0687. The molecule has 0 bridgehead atoms. The molecule has 0 atom stereocenters. The molecule has 0 N–H and O–H groups in total. The van der Waals surface area contributed by atoms with Crippen LogP contribution in [0, 0.1) is 0 Å². The van der Waals surface area contributed by atoms with Gasteiger partial charge in [0.25, 0.3) is 0 Å². The zero-order valence-corrected chi connectivity index (χ0v) is 11.0. The summed E-state index contributed by atoms with van der Waals surface area (Å²) in [7, 11) is 0. The van der Waals surface area contributed by atoms with Gasteiger partial charge in [0.15, 0.2) is 5.78 Å². The molecule has 4 nitrogen and oxygen atoms in total. The molecule has 0 spiro atoms. The van der Waals surface area contributed by atoms with E-state index in [-0.39, 0.29) is 18.0 Å². The highest BCUT2D eigenvalue weighted by molar-refractivity contribution is 6.14. The summed E-state index contributed by atoms with van der Waals surface area (Å²) in [6, 6.07) is 13.3. The summed E-state index contributed by atoms with van der Waals surface area (Å²) >= 11 is 0. The molecule has 2 aromatic rings. The molecule has 0 saturated heterocycles. The second-order valence-electron chi connectivity index (χ2n) is 4.69. The normalized spacial score (nSPS) is 15.4. The van der Waals surface area contributed by atoms with Crippen LogP contribution in [0.5, 0.6) is 5.75 Å². The Morgan fingerprint density at radius 3 is 2.52 bits per heavy atom. The van der Waals surface area contributed by atoms with Crippen LogP contribution < -0.4 is 9.84 Å². The quantitative estimate of drug-likeness (QED) is 0.785. The SMILES string of the molecule is O=C([O-])c1ccc(/C=C2\COc3ccccc3C2=O)cc1. The summed E-state index contributed by atoms with van der Waals surface area (Å²) in [5, 5.41) is 10.7. The van der Waals surface area contributed by atoms with Crippen molar-refractivity contribution < 1.29 is 19.4 Å². The Morgan fingerprint density at radius 2 is 1.81 bits per heavy atom. The Bertz CT molecular complexity index is 742. The standard InChI is InChI=1S/C17H12O4/c18-16-13(10-21-15-4-2-1-3-14(15)16)9-11-5-7-12(8-6-11)17(19)20/h1-9H,10H2,(H,19,20)/p-1/b13-9+. The highest BCUT2D eigenvalue weighted by atomic mass is 16.5. The number of ether oxygens (including phenoxy) is 1. The largest absolute Gasteiger partial charge is 0.545 e. The van der Waals surface area contributed by atoms with Gasteiger partial charge in [-0.15, -0.1) is 0 Å². The molecule has 0 unspecified atom stereocenters. The molecule has 0 aromatic heterocycles. The van der Waals surface area contributed by atoms with Crippen LogP contribution >= 0.6 is 0 Å². The Morgan fingerprint density at radius 1 is 1.10 bits per heavy atom. The van der Waals surface area contributed by atoms with Crippen LogP contribution in [0.4, 0.5) is 0 Å². The van der Waals surface area contributed by atoms with Gasteiger partial charge in [-0.3, -0.25) is 4.79 Å². The van der Waals surface area contributed by atoms with Crippen molar-refractivity contribution in [2.24, 2.45) is 0 Å². The van der Waals surface area contributed by atoms with Gasteiger partial charge in [-0.2, -0.15) is 0 Å². The fourth-order valence-electron chi connectivity index (χ4n) is 2.20. The first-order chi connectivity index (χ1) is 10.1. The molecule has 0 saturated carbocycles. The topological polar surface area (TPSA) is 66.4 Å². The summed E-state index contributed by atoms with van der Waals surface area (Å²) in [6.07, 6.45) is 1.71. The van der Waals surface area contributed by atoms with Gasteiger partial charge in [0.2, 0.25) is 0 Å². The number of carbonyl (C=O) groups is 2. The Balaban J connectivity index is 1.91. The van der Waals surface area contributed by atoms with Gasteiger partial charge < -0.3 is 14.6 Å². The number of benzene rings is 2. The number of rotatable bonds is 2. The van der Waals surface area contributed by atoms with Crippen molar-refractivity contribution >= 4 is 17.8 Å². The third-order valence-corrected chi connectivity index (χ3v) is 3.29. The van der Waals surface area contributed by atoms with E-state index in [1.165, 1.54) is 12.1 Å². The first-order valence-electron chi connectivity index (χ1n) is 6.43. The number of fused-ring (bicyclic) bond motifs is 1. The lowest BCUT2D eigenvalue weighted by Gasteiger charge is -2.18. The zero-order valence-electron chi connectivity index (χ0n) is 11.0. The maximum Gasteiger partial charge on any atom is 0.196 e. The van der Waals surface area contributed by atoms with Gasteiger partial charge in [-0.25, -0.2) is 0 Å². The van der Waals surface area contributed by atoms with Gasteiger partial charge >= 0.3 is 0 Å². The van der Waals surface area contributed by atoms with E-state index in [9.17, 15) is 14.7 Å². The molecular formula is C17H11O4-. The molecule has 0 fully saturated rings. The van der Waals surface area contributed by atoms with Crippen LogP contribution in [0.2, 0.25) is 0 Å². The summed E-state index contributed by atoms with van der Waals surface area (Å²) < 4.78 is 5.55. The van der Waals surface area contributed by atoms with Crippen LogP contribution in [-0.4, -0.2) is 18.4 Å². The molecule has 1 aliphatic heterocycles. The van der Waals surface area contributed by atoms with Crippen LogP contribution in [0.1, 0.15) is 26.3 Å². The van der Waals surface area contributed by atoms with E-state index in [1.807, 2.05) is 6.07 Å². The maximum atomic E-state index is 12.3. The maximum absolute atomic E-state index is 12.3. The first-order valence-corrected chi connectivity index (χ1v) is 6.43. The van der Waals surface area contributed by atoms with E-state index in [2.05, 4.69) is 0 Å². The average Bonchev–Trinajstić information content (AvgIpc) is 2.51. The molecular weight excluding hydrogens is 268 g/mol. The number of carbonyl (C=O) groups excluding carboxylic acids is 2. The van der Waals surface area contributed by atoms with E-state index in [0.29, 0.717) is 16.9 Å². The Hall–Kier alpha value is -2.88. The second-order valence-corrected chi connectivity index (χ2v) is 4.69. The van der Waals surface area contributed by atoms with Crippen molar-refractivity contribution in [2.75, 3.05) is 6.61 Å². The summed E-state index contributed by atoms with van der Waals surface area (Å²) in [5.74, 6) is -0.701. The summed E-state index contributed by atoms with van der Waals surface area (Å²) in [5.41, 5.74) is 1.93. The van der Waals surface area contributed by atoms with Gasteiger partial charge in [-0.1, -0.05) is 36.4 Å². The third-order valence-electron chi connectivity index (χ3n) is 3.29. The molecule has 2 aromatic carbocycles. The second kappa shape index (κ2) is 5.25. The van der Waals surface area contributed by atoms with Crippen molar-refractivity contribution in [3.05, 3.63) is 70.8 Å². The number of para-hydroxylation sites is 1. The van der Waals surface area contributed by atoms with E-state index >= 15 is 0 Å². The summed E-state index contributed by atoms with van der Waals surface area (Å²) in [6.45, 7) is 0.206. The van der Waals surface area contributed by atoms with Crippen molar-refractivity contribution in [1.29, 1.82) is 0 Å². The molecule has 1 heterocycles. The van der Waals surface area contributed by atoms with E-state index in [4.69, 9.17) is 4.74 Å². The van der Waals surface area contributed by atoms with Crippen LogP contribution in [0.3, 0.4) is 0 Å². The number of hydrogen-bond donors (Lipinski definition) is 0. The van der Waals surface area contributed by atoms with Crippen LogP contribution in [0.25, 0.3) is 6.08 Å². The van der Waals surface area contributed by atoms with Crippen LogP contribution in [0.15, 0.2) is 54.1 Å². The fourth-order valence-corrected chi connectivity index (χ4v) is 2.20. The average molecular weight is 279 g/mol. The molecule has 1 aliphatic rings. The predicted octanol–water partition coefficient (Wildman–Crippen LogP) is 1.71. The monoisotopic (exact) mass is 279 g/mol. The minimum Gasteiger partial charge on any atom is -0.545 e. The van der Waals surface area contributed by atoms with Gasteiger partial charge in [0, 0.05) is 5.57 Å². The predicted molar refractivity (Wildman–Crippen MR) is 75.0 cm³/mol. The number of carboxylic acids is 1. The number of carboxylic acid groups (broad SMARTS) is 1. The molecule has 21 heavy (non-hydrogen) atoms. The van der Waals surface area contributed by atoms with E-state index in [0.717, 1.165) is 5.56 Å². The van der Waals surface area contributed by atoms with Crippen molar-refractivity contribution in [1.82, 2.24) is 0 Å². The summed E-state index contributed by atoms with van der Waals surface area (Å²) in [4.78, 5) is 23.0. The van der Waals surface area contributed by atoms with Gasteiger partial charge in [-0.05, 0) is 29.3 Å². The molecule has 3 rings (SSSR count). The fraction of sp³-hybridized carbons (Fsp3) is 0.0588. The molecule has 0 radical (unpaired) electrons. The molecule has 4 heteroatoms. The third kappa shape index (κ3) is 2.56. The van der Waals surface area contributed by atoms with Gasteiger partial charge in [0.05, 0.1) is 11.5 Å². The molecule has 0 aliphatic carbocycles. The van der Waals surface area contributed by atoms with Crippen molar-refractivity contribution in [3.63, 3.8) is 0 Å². The number of aromatic carboxylic acids is 1. The van der Waals surface area contributed by atoms with Crippen molar-refractivity contribution in [3.8, 4) is 5.75 Å². The van der Waals surface area contributed by atoms with E-state index < -0.39 is 5.97 Å². The number of hydrogen-bond acceptors (Lipinski definition) is 4. The molecule has 0 amide bonds. The lowest BCUT2D eigenvalue weighted by atomic mass is 9.98. The highest BCUT2D eigenvalue weighted by Crippen LogP contribution is 2.27. The first kappa shape index (κ1) is 13.1. The lowest BCUT2D eigenvalue weighted by molar-refractivity contribution is -0.255. The van der Waals surface area contributed by atoms with Gasteiger partial charge in [0.1, 0.15) is 12.4 Å². The molecule has 104 valence electrons.